The second kappa shape index (κ2) is 8.20. The van der Waals surface area contributed by atoms with Crippen molar-refractivity contribution >= 4 is 17.2 Å². The molecule has 0 atom stereocenters. The fraction of sp³-hybridized carbons (Fsp3) is 0.421. The molecule has 1 aromatic carbocycles. The fourth-order valence-electron chi connectivity index (χ4n) is 2.90. The average molecular weight is 345 g/mol. The van der Waals surface area contributed by atoms with Crippen molar-refractivity contribution in [3.8, 4) is 11.5 Å². The molecular weight excluding hydrogens is 322 g/mol. The predicted octanol–water partition coefficient (Wildman–Crippen LogP) is 4.40. The first-order valence-electron chi connectivity index (χ1n) is 8.49. The Hall–Kier alpha value is -2.01. The second-order valence-corrected chi connectivity index (χ2v) is 6.85. The summed E-state index contributed by atoms with van der Waals surface area (Å²) in [6.45, 7) is 2.98. The van der Waals surface area contributed by atoms with Gasteiger partial charge < -0.3 is 14.8 Å². The zero-order chi connectivity index (χ0) is 16.8. The predicted molar refractivity (Wildman–Crippen MR) is 96.0 cm³/mol. The van der Waals surface area contributed by atoms with Crippen LogP contribution in [0.2, 0.25) is 0 Å². The molecule has 1 saturated carbocycles. The van der Waals surface area contributed by atoms with Crippen LogP contribution >= 0.6 is 11.3 Å². The molecule has 0 spiro atoms. The zero-order valence-electron chi connectivity index (χ0n) is 13.9. The first-order chi connectivity index (χ1) is 11.8. The minimum Gasteiger partial charge on any atom is -0.490 e. The van der Waals surface area contributed by atoms with Crippen molar-refractivity contribution in [2.24, 2.45) is 0 Å². The summed E-state index contributed by atoms with van der Waals surface area (Å²) in [5.41, 5.74) is 1.00. The van der Waals surface area contributed by atoms with Gasteiger partial charge in [0.2, 0.25) is 0 Å². The van der Waals surface area contributed by atoms with Crippen LogP contribution in [0.5, 0.6) is 11.5 Å². The van der Waals surface area contributed by atoms with Crippen LogP contribution in [0.4, 0.5) is 0 Å². The molecule has 1 aliphatic carbocycles. The van der Waals surface area contributed by atoms with E-state index in [1.54, 1.807) is 0 Å². The number of hydrogen-bond donors (Lipinski definition) is 1. The van der Waals surface area contributed by atoms with Crippen molar-refractivity contribution in [1.82, 2.24) is 5.32 Å². The molecule has 1 aliphatic rings. The molecule has 1 aromatic heterocycles. The van der Waals surface area contributed by atoms with Crippen molar-refractivity contribution in [3.63, 3.8) is 0 Å². The molecule has 4 nitrogen and oxygen atoms in total. The molecule has 1 fully saturated rings. The summed E-state index contributed by atoms with van der Waals surface area (Å²) in [5, 5.41) is 5.10. The maximum absolute atomic E-state index is 12.3. The van der Waals surface area contributed by atoms with Crippen LogP contribution in [0.15, 0.2) is 35.7 Å². The van der Waals surface area contributed by atoms with Gasteiger partial charge in [0.25, 0.3) is 5.91 Å². The lowest BCUT2D eigenvalue weighted by Crippen LogP contribution is -2.31. The minimum atomic E-state index is 0.0351. The van der Waals surface area contributed by atoms with Crippen molar-refractivity contribution in [2.45, 2.75) is 45.3 Å². The van der Waals surface area contributed by atoms with Crippen LogP contribution < -0.4 is 14.8 Å². The fourth-order valence-corrected chi connectivity index (χ4v) is 3.70. The summed E-state index contributed by atoms with van der Waals surface area (Å²) in [4.78, 5) is 13.0. The summed E-state index contributed by atoms with van der Waals surface area (Å²) < 4.78 is 11.4. The molecule has 128 valence electrons. The van der Waals surface area contributed by atoms with Crippen LogP contribution in [0.1, 0.15) is 47.8 Å². The Balaban J connectivity index is 1.57. The number of benzene rings is 1. The first-order valence-corrected chi connectivity index (χ1v) is 9.37. The van der Waals surface area contributed by atoms with Gasteiger partial charge in [-0.1, -0.05) is 25.0 Å². The molecule has 0 aliphatic heterocycles. The Bertz CT molecular complexity index is 677. The number of carbonyl (C=O) groups excluding carboxylic acids is 1. The zero-order valence-corrected chi connectivity index (χ0v) is 14.7. The Labute approximate surface area is 146 Å². The smallest absolute Gasteiger partial charge is 0.261 e. The highest BCUT2D eigenvalue weighted by Gasteiger charge is 2.19. The molecule has 2 aromatic rings. The van der Waals surface area contributed by atoms with E-state index in [1.165, 1.54) is 24.2 Å². The molecule has 3 rings (SSSR count). The Kier molecular flexibility index (Phi) is 5.75. The number of amides is 1. The molecule has 24 heavy (non-hydrogen) atoms. The molecule has 0 saturated heterocycles. The maximum atomic E-state index is 12.3. The van der Waals surface area contributed by atoms with Crippen molar-refractivity contribution < 1.29 is 14.3 Å². The average Bonchev–Trinajstić information content (AvgIpc) is 3.26. The van der Waals surface area contributed by atoms with Gasteiger partial charge in [0.1, 0.15) is 6.61 Å². The lowest BCUT2D eigenvalue weighted by molar-refractivity contribution is 0.0942. The van der Waals surface area contributed by atoms with E-state index in [-0.39, 0.29) is 5.91 Å². The van der Waals surface area contributed by atoms with Crippen LogP contribution in [0.25, 0.3) is 0 Å². The number of hydrogen-bond acceptors (Lipinski definition) is 4. The van der Waals surface area contributed by atoms with Gasteiger partial charge >= 0.3 is 0 Å². The molecule has 1 amide bonds. The second-order valence-electron chi connectivity index (χ2n) is 5.94. The quantitative estimate of drug-likeness (QED) is 0.809. The number of para-hydroxylation sites is 2. The van der Waals surface area contributed by atoms with Crippen LogP contribution in [-0.4, -0.2) is 18.6 Å². The van der Waals surface area contributed by atoms with Crippen LogP contribution in [0, 0.1) is 0 Å². The van der Waals surface area contributed by atoms with Gasteiger partial charge in [-0.25, -0.2) is 0 Å². The molecule has 0 bridgehead atoms. The van der Waals surface area contributed by atoms with Crippen molar-refractivity contribution in [2.75, 3.05) is 6.61 Å². The summed E-state index contributed by atoms with van der Waals surface area (Å²) in [7, 11) is 0. The number of rotatable bonds is 7. The van der Waals surface area contributed by atoms with Gasteiger partial charge in [0, 0.05) is 11.6 Å². The Morgan fingerprint density at radius 3 is 2.62 bits per heavy atom. The molecular formula is C19H23NO3S. The summed E-state index contributed by atoms with van der Waals surface area (Å²) in [6, 6.07) is 9.90. The van der Waals surface area contributed by atoms with Crippen LogP contribution in [0.3, 0.4) is 0 Å². The normalized spacial score (nSPS) is 14.5. The molecule has 1 heterocycles. The highest BCUT2D eigenvalue weighted by atomic mass is 32.1. The first kappa shape index (κ1) is 16.8. The standard InChI is InChI=1S/C19H23NO3S/c1-2-22-16-9-5-6-10-17(16)23-12-14-11-18(24-13-14)19(21)20-15-7-3-4-8-15/h5-6,9-11,13,15H,2-4,7-8,12H2,1H3,(H,20,21). The van der Waals surface area contributed by atoms with Crippen molar-refractivity contribution in [1.29, 1.82) is 0 Å². The topological polar surface area (TPSA) is 47.6 Å². The number of ether oxygens (including phenoxy) is 2. The highest BCUT2D eigenvalue weighted by molar-refractivity contribution is 7.12. The number of carbonyl (C=O) groups is 1. The van der Waals surface area contributed by atoms with Gasteiger partial charge in [0.15, 0.2) is 11.5 Å². The third kappa shape index (κ3) is 4.29. The van der Waals surface area contributed by atoms with Gasteiger partial charge in [-0.2, -0.15) is 0 Å². The monoisotopic (exact) mass is 345 g/mol. The van der Waals surface area contributed by atoms with Crippen molar-refractivity contribution in [3.05, 3.63) is 46.2 Å². The summed E-state index contributed by atoms with van der Waals surface area (Å²) in [5.74, 6) is 1.50. The SMILES string of the molecule is CCOc1ccccc1OCc1csc(C(=O)NC2CCCC2)c1. The minimum absolute atomic E-state index is 0.0351. The van der Waals surface area contributed by atoms with Crippen LogP contribution in [-0.2, 0) is 6.61 Å². The highest BCUT2D eigenvalue weighted by Crippen LogP contribution is 2.28. The van der Waals surface area contributed by atoms with E-state index in [4.69, 9.17) is 9.47 Å². The van der Waals surface area contributed by atoms with Gasteiger partial charge in [-0.05, 0) is 43.3 Å². The van der Waals surface area contributed by atoms with E-state index >= 15 is 0 Å². The Morgan fingerprint density at radius 2 is 1.92 bits per heavy atom. The summed E-state index contributed by atoms with van der Waals surface area (Å²) >= 11 is 1.47. The lowest BCUT2D eigenvalue weighted by atomic mass is 10.2. The van der Waals surface area contributed by atoms with Gasteiger partial charge in [-0.3, -0.25) is 4.79 Å². The van der Waals surface area contributed by atoms with Gasteiger partial charge in [0.05, 0.1) is 11.5 Å². The van der Waals surface area contributed by atoms with E-state index in [1.807, 2.05) is 42.6 Å². The van der Waals surface area contributed by atoms with E-state index in [2.05, 4.69) is 5.32 Å². The third-order valence-corrected chi connectivity index (χ3v) is 5.09. The summed E-state index contributed by atoms with van der Waals surface area (Å²) in [6.07, 6.45) is 4.63. The number of nitrogens with one attached hydrogen (secondary N) is 1. The number of thiophene rings is 1. The largest absolute Gasteiger partial charge is 0.490 e. The lowest BCUT2D eigenvalue weighted by Gasteiger charge is -2.11. The molecule has 0 radical (unpaired) electrons. The Morgan fingerprint density at radius 1 is 1.21 bits per heavy atom. The molecule has 1 N–H and O–H groups in total. The van der Waals surface area contributed by atoms with E-state index in [0.717, 1.165) is 34.8 Å². The van der Waals surface area contributed by atoms with Gasteiger partial charge in [-0.15, -0.1) is 11.3 Å². The third-order valence-electron chi connectivity index (χ3n) is 4.11. The van der Waals surface area contributed by atoms with E-state index < -0.39 is 0 Å². The van der Waals surface area contributed by atoms with E-state index in [0.29, 0.717) is 19.3 Å². The molecule has 5 heteroatoms. The maximum Gasteiger partial charge on any atom is 0.261 e. The van der Waals surface area contributed by atoms with E-state index in [9.17, 15) is 4.79 Å². The molecule has 0 unspecified atom stereocenters.